The van der Waals surface area contributed by atoms with E-state index < -0.39 is 11.9 Å². The summed E-state index contributed by atoms with van der Waals surface area (Å²) in [6.07, 6.45) is 5.27. The van der Waals surface area contributed by atoms with Crippen LogP contribution in [-0.4, -0.2) is 19.0 Å². The predicted octanol–water partition coefficient (Wildman–Crippen LogP) is 1.38. The van der Waals surface area contributed by atoms with Crippen LogP contribution in [0.1, 0.15) is 22.8 Å². The monoisotopic (exact) mass is 218 g/mol. The lowest BCUT2D eigenvalue weighted by molar-refractivity contribution is -0.131. The van der Waals surface area contributed by atoms with E-state index in [0.29, 0.717) is 0 Å². The molecule has 0 atom stereocenters. The van der Waals surface area contributed by atoms with Crippen molar-refractivity contribution in [2.45, 2.75) is 6.92 Å². The fraction of sp³-hybridized carbons (Fsp3) is 0.167. The molecule has 0 aliphatic rings. The molecule has 0 fully saturated rings. The smallest absolute Gasteiger partial charge is 0.339 e. The van der Waals surface area contributed by atoms with Crippen LogP contribution in [0.2, 0.25) is 0 Å². The summed E-state index contributed by atoms with van der Waals surface area (Å²) in [5, 5.41) is 0. The van der Waals surface area contributed by atoms with E-state index in [1.54, 1.807) is 6.07 Å². The Balaban J connectivity index is 3.27. The molecule has 0 N–H and O–H groups in total. The largest absolute Gasteiger partial charge is 0.465 e. The summed E-state index contributed by atoms with van der Waals surface area (Å²) >= 11 is 0. The van der Waals surface area contributed by atoms with Gasteiger partial charge in [-0.05, 0) is 12.1 Å². The molecule has 0 heterocycles. The van der Waals surface area contributed by atoms with Crippen molar-refractivity contribution < 1.29 is 19.1 Å². The number of benzene rings is 1. The second kappa shape index (κ2) is 4.99. The maximum Gasteiger partial charge on any atom is 0.339 e. The van der Waals surface area contributed by atoms with Crippen molar-refractivity contribution in [3.63, 3.8) is 0 Å². The topological polar surface area (TPSA) is 52.6 Å². The number of hydrogen-bond acceptors (Lipinski definition) is 4. The van der Waals surface area contributed by atoms with Crippen molar-refractivity contribution in [1.82, 2.24) is 0 Å². The molecule has 4 nitrogen and oxygen atoms in total. The minimum absolute atomic E-state index is 0.179. The highest BCUT2D eigenvalue weighted by Crippen LogP contribution is 2.22. The van der Waals surface area contributed by atoms with Crippen molar-refractivity contribution >= 4 is 11.9 Å². The van der Waals surface area contributed by atoms with Gasteiger partial charge in [-0.1, -0.05) is 12.0 Å². The van der Waals surface area contributed by atoms with Crippen molar-refractivity contribution in [3.05, 3.63) is 29.3 Å². The van der Waals surface area contributed by atoms with E-state index in [-0.39, 0.29) is 16.9 Å². The van der Waals surface area contributed by atoms with Crippen LogP contribution in [0.4, 0.5) is 0 Å². The summed E-state index contributed by atoms with van der Waals surface area (Å²) in [5.41, 5.74) is 0.410. The summed E-state index contributed by atoms with van der Waals surface area (Å²) in [7, 11) is 1.25. The molecule has 1 aromatic rings. The molecule has 0 amide bonds. The molecule has 0 aromatic heterocycles. The Morgan fingerprint density at radius 3 is 2.56 bits per heavy atom. The maximum atomic E-state index is 11.4. The number of methoxy groups -OCH3 is 1. The van der Waals surface area contributed by atoms with E-state index in [0.717, 1.165) is 0 Å². The molecule has 0 radical (unpaired) electrons. The normalized spacial score (nSPS) is 9.06. The molecule has 0 spiro atoms. The first-order valence-corrected chi connectivity index (χ1v) is 4.46. The molecular formula is C12H10O4. The highest BCUT2D eigenvalue weighted by atomic mass is 16.5. The first-order valence-electron chi connectivity index (χ1n) is 4.46. The van der Waals surface area contributed by atoms with Crippen LogP contribution in [0.5, 0.6) is 5.75 Å². The Morgan fingerprint density at radius 1 is 1.38 bits per heavy atom. The standard InChI is InChI=1S/C12H10O4/c1-4-9-10(12(14)15-3)6-5-7-11(9)16-8(2)13/h1,5-7H,2-3H3. The van der Waals surface area contributed by atoms with E-state index in [4.69, 9.17) is 11.2 Å². The van der Waals surface area contributed by atoms with Crippen LogP contribution in [0, 0.1) is 12.3 Å². The Morgan fingerprint density at radius 2 is 2.06 bits per heavy atom. The molecular weight excluding hydrogens is 208 g/mol. The van der Waals surface area contributed by atoms with E-state index in [1.807, 2.05) is 0 Å². The second-order valence-corrected chi connectivity index (χ2v) is 2.91. The molecule has 4 heteroatoms. The average Bonchev–Trinajstić information content (AvgIpc) is 2.27. The Labute approximate surface area is 93.2 Å². The van der Waals surface area contributed by atoms with Crippen LogP contribution in [0.25, 0.3) is 0 Å². The lowest BCUT2D eigenvalue weighted by Gasteiger charge is -2.07. The Kier molecular flexibility index (Phi) is 3.67. The highest BCUT2D eigenvalue weighted by molar-refractivity contribution is 5.93. The average molecular weight is 218 g/mol. The zero-order chi connectivity index (χ0) is 12.1. The quantitative estimate of drug-likeness (QED) is 0.427. The van der Waals surface area contributed by atoms with Gasteiger partial charge in [0.05, 0.1) is 18.2 Å². The van der Waals surface area contributed by atoms with Crippen molar-refractivity contribution in [2.24, 2.45) is 0 Å². The van der Waals surface area contributed by atoms with E-state index >= 15 is 0 Å². The zero-order valence-electron chi connectivity index (χ0n) is 8.94. The van der Waals surface area contributed by atoms with Gasteiger partial charge in [0, 0.05) is 6.92 Å². The minimum atomic E-state index is -0.568. The van der Waals surface area contributed by atoms with Gasteiger partial charge in [-0.2, -0.15) is 0 Å². The molecule has 0 bridgehead atoms. The van der Waals surface area contributed by atoms with Gasteiger partial charge in [0.15, 0.2) is 0 Å². The molecule has 0 aliphatic carbocycles. The summed E-state index contributed by atoms with van der Waals surface area (Å²) in [5.74, 6) is 1.42. The fourth-order valence-corrected chi connectivity index (χ4v) is 1.20. The number of carbonyl (C=O) groups excluding carboxylic acids is 2. The molecule has 0 saturated heterocycles. The zero-order valence-corrected chi connectivity index (χ0v) is 8.94. The number of hydrogen-bond donors (Lipinski definition) is 0. The Hall–Kier alpha value is -2.28. The predicted molar refractivity (Wildman–Crippen MR) is 57.0 cm³/mol. The summed E-state index contributed by atoms with van der Waals surface area (Å²) in [6, 6.07) is 4.59. The van der Waals surface area contributed by atoms with Crippen molar-refractivity contribution in [1.29, 1.82) is 0 Å². The van der Waals surface area contributed by atoms with E-state index in [1.165, 1.54) is 26.2 Å². The molecule has 1 aromatic carbocycles. The lowest BCUT2D eigenvalue weighted by atomic mass is 10.1. The van der Waals surface area contributed by atoms with Gasteiger partial charge >= 0.3 is 11.9 Å². The molecule has 16 heavy (non-hydrogen) atoms. The molecule has 0 unspecified atom stereocenters. The number of ether oxygens (including phenoxy) is 2. The van der Waals surface area contributed by atoms with Crippen LogP contribution in [-0.2, 0) is 9.53 Å². The Bertz CT molecular complexity index is 468. The van der Waals surface area contributed by atoms with Crippen molar-refractivity contribution in [2.75, 3.05) is 7.11 Å². The molecule has 0 aliphatic heterocycles. The number of rotatable bonds is 2. The van der Waals surface area contributed by atoms with Crippen LogP contribution < -0.4 is 4.74 Å². The molecule has 82 valence electrons. The first-order chi connectivity index (χ1) is 7.60. The van der Waals surface area contributed by atoms with Gasteiger partial charge in [-0.25, -0.2) is 4.79 Å². The third-order valence-corrected chi connectivity index (χ3v) is 1.83. The van der Waals surface area contributed by atoms with Gasteiger partial charge in [0.25, 0.3) is 0 Å². The highest BCUT2D eigenvalue weighted by Gasteiger charge is 2.15. The second-order valence-electron chi connectivity index (χ2n) is 2.91. The summed E-state index contributed by atoms with van der Waals surface area (Å²) in [6.45, 7) is 1.26. The van der Waals surface area contributed by atoms with Gasteiger partial charge in [0.2, 0.25) is 0 Å². The lowest BCUT2D eigenvalue weighted by Crippen LogP contribution is -2.08. The molecule has 1 rings (SSSR count). The van der Waals surface area contributed by atoms with Crippen LogP contribution in [0.15, 0.2) is 18.2 Å². The fourth-order valence-electron chi connectivity index (χ4n) is 1.20. The molecule has 0 saturated carbocycles. The minimum Gasteiger partial charge on any atom is -0.465 e. The summed E-state index contributed by atoms with van der Waals surface area (Å²) in [4.78, 5) is 22.2. The first kappa shape index (κ1) is 11.8. The third kappa shape index (κ3) is 2.39. The summed E-state index contributed by atoms with van der Waals surface area (Å²) < 4.78 is 9.45. The van der Waals surface area contributed by atoms with E-state index in [9.17, 15) is 9.59 Å². The van der Waals surface area contributed by atoms with Crippen LogP contribution in [0.3, 0.4) is 0 Å². The van der Waals surface area contributed by atoms with Gasteiger partial charge in [-0.3, -0.25) is 4.79 Å². The maximum absolute atomic E-state index is 11.4. The number of esters is 2. The van der Waals surface area contributed by atoms with Gasteiger partial charge in [-0.15, -0.1) is 6.42 Å². The SMILES string of the molecule is C#Cc1c(OC(C)=O)cccc1C(=O)OC. The number of terminal acetylenes is 1. The van der Waals surface area contributed by atoms with E-state index in [2.05, 4.69) is 10.7 Å². The third-order valence-electron chi connectivity index (χ3n) is 1.83. The van der Waals surface area contributed by atoms with Crippen molar-refractivity contribution in [3.8, 4) is 18.1 Å². The number of carbonyl (C=O) groups is 2. The van der Waals surface area contributed by atoms with Gasteiger partial charge in [0.1, 0.15) is 5.75 Å². The van der Waals surface area contributed by atoms with Gasteiger partial charge < -0.3 is 9.47 Å². The van der Waals surface area contributed by atoms with Crippen LogP contribution >= 0.6 is 0 Å².